The molecule has 140 valence electrons. The molecule has 2 aromatic rings. The van der Waals surface area contributed by atoms with Crippen molar-refractivity contribution in [2.24, 2.45) is 0 Å². The lowest BCUT2D eigenvalue weighted by Crippen LogP contribution is -2.46. The van der Waals surface area contributed by atoms with Crippen molar-refractivity contribution in [2.75, 3.05) is 41.3 Å². The highest BCUT2D eigenvalue weighted by Gasteiger charge is 2.17. The number of carboxylic acids is 1. The minimum Gasteiger partial charge on any atom is -0.478 e. The first-order chi connectivity index (χ1) is 13.0. The smallest absolute Gasteiger partial charge is 0.328 e. The topological polar surface area (TPSA) is 72.9 Å². The van der Waals surface area contributed by atoms with Crippen LogP contribution in [0.5, 0.6) is 0 Å². The summed E-state index contributed by atoms with van der Waals surface area (Å²) in [4.78, 5) is 26.6. The number of carboxylic acid groups (broad SMARTS) is 1. The van der Waals surface area contributed by atoms with Crippen LogP contribution < -0.4 is 15.1 Å². The summed E-state index contributed by atoms with van der Waals surface area (Å²) in [7, 11) is 0. The number of piperazine rings is 1. The van der Waals surface area contributed by atoms with Crippen LogP contribution in [0.3, 0.4) is 0 Å². The molecule has 0 saturated carbocycles. The molecule has 1 heterocycles. The number of hydrogen-bond acceptors (Lipinski definition) is 4. The Morgan fingerprint density at radius 2 is 1.56 bits per heavy atom. The quantitative estimate of drug-likeness (QED) is 0.773. The first-order valence-electron chi connectivity index (χ1n) is 8.59. The number of aliphatic carboxylic acids is 1. The Morgan fingerprint density at radius 1 is 0.926 bits per heavy atom. The number of carbonyl (C=O) groups is 2. The molecule has 0 spiro atoms. The standard InChI is InChI=1S/C20H20ClN3O3/c21-15-2-1-3-18(14-15)24-12-10-23(11-13-24)17-6-4-16(5-7-17)22-19(25)8-9-20(26)27/h1-9,14H,10-13H2,(H,22,25)(H,26,27). The fourth-order valence-electron chi connectivity index (χ4n) is 2.98. The molecule has 0 bridgehead atoms. The zero-order valence-electron chi connectivity index (χ0n) is 14.6. The molecule has 0 atom stereocenters. The first kappa shape index (κ1) is 18.8. The van der Waals surface area contributed by atoms with Crippen LogP contribution in [0.15, 0.2) is 60.7 Å². The lowest BCUT2D eigenvalue weighted by molar-refractivity contribution is -0.131. The Morgan fingerprint density at radius 3 is 2.15 bits per heavy atom. The van der Waals surface area contributed by atoms with Gasteiger partial charge >= 0.3 is 5.97 Å². The van der Waals surface area contributed by atoms with Crippen molar-refractivity contribution < 1.29 is 14.7 Å². The Labute approximate surface area is 162 Å². The van der Waals surface area contributed by atoms with E-state index in [2.05, 4.69) is 21.2 Å². The second kappa shape index (κ2) is 8.60. The average Bonchev–Trinajstić information content (AvgIpc) is 2.67. The molecular formula is C20H20ClN3O3. The zero-order valence-corrected chi connectivity index (χ0v) is 15.4. The SMILES string of the molecule is O=C(O)C=CC(=O)Nc1ccc(N2CCN(c3cccc(Cl)c3)CC2)cc1. The van der Waals surface area contributed by atoms with E-state index in [1.165, 1.54) is 0 Å². The van der Waals surface area contributed by atoms with Crippen LogP contribution in [0, 0.1) is 0 Å². The first-order valence-corrected chi connectivity index (χ1v) is 8.96. The van der Waals surface area contributed by atoms with Crippen LogP contribution in [-0.4, -0.2) is 43.2 Å². The number of anilines is 3. The molecule has 2 aromatic carbocycles. The van der Waals surface area contributed by atoms with Crippen molar-refractivity contribution in [3.05, 3.63) is 65.7 Å². The summed E-state index contributed by atoms with van der Waals surface area (Å²) in [5.74, 6) is -1.63. The molecule has 1 fully saturated rings. The maximum atomic E-state index is 11.6. The van der Waals surface area contributed by atoms with Gasteiger partial charge in [0.05, 0.1) is 0 Å². The van der Waals surface area contributed by atoms with E-state index in [-0.39, 0.29) is 0 Å². The third-order valence-electron chi connectivity index (χ3n) is 4.33. The van der Waals surface area contributed by atoms with Gasteiger partial charge in [-0.05, 0) is 42.5 Å². The number of rotatable bonds is 5. The molecule has 3 rings (SSSR count). The van der Waals surface area contributed by atoms with E-state index < -0.39 is 11.9 Å². The molecular weight excluding hydrogens is 366 g/mol. The summed E-state index contributed by atoms with van der Waals surface area (Å²) < 4.78 is 0. The maximum Gasteiger partial charge on any atom is 0.328 e. The lowest BCUT2D eigenvalue weighted by Gasteiger charge is -2.37. The van der Waals surface area contributed by atoms with Crippen molar-refractivity contribution >= 4 is 40.5 Å². The third kappa shape index (κ3) is 5.24. The van der Waals surface area contributed by atoms with Crippen LogP contribution in [0.2, 0.25) is 5.02 Å². The largest absolute Gasteiger partial charge is 0.478 e. The summed E-state index contributed by atoms with van der Waals surface area (Å²) in [5, 5.41) is 11.9. The molecule has 6 nitrogen and oxygen atoms in total. The number of amides is 1. The van der Waals surface area contributed by atoms with E-state index in [1.54, 1.807) is 0 Å². The normalized spacial score (nSPS) is 14.4. The van der Waals surface area contributed by atoms with Gasteiger partial charge in [0.1, 0.15) is 0 Å². The third-order valence-corrected chi connectivity index (χ3v) is 4.57. The van der Waals surface area contributed by atoms with E-state index in [0.717, 1.165) is 54.7 Å². The molecule has 27 heavy (non-hydrogen) atoms. The number of benzene rings is 2. The Hall–Kier alpha value is -2.99. The number of nitrogens with one attached hydrogen (secondary N) is 1. The summed E-state index contributed by atoms with van der Waals surface area (Å²) in [5.41, 5.74) is 2.84. The van der Waals surface area contributed by atoms with Crippen molar-refractivity contribution in [1.29, 1.82) is 0 Å². The van der Waals surface area contributed by atoms with Crippen LogP contribution >= 0.6 is 11.6 Å². The van der Waals surface area contributed by atoms with Gasteiger partial charge in [0, 0.05) is 60.4 Å². The number of carbonyl (C=O) groups excluding carboxylic acids is 1. The number of hydrogen-bond donors (Lipinski definition) is 2. The van der Waals surface area contributed by atoms with Crippen LogP contribution in [0.4, 0.5) is 17.1 Å². The molecule has 0 aliphatic carbocycles. The van der Waals surface area contributed by atoms with Gasteiger partial charge in [-0.2, -0.15) is 0 Å². The van der Waals surface area contributed by atoms with E-state index >= 15 is 0 Å². The fraction of sp³-hybridized carbons (Fsp3) is 0.200. The zero-order chi connectivity index (χ0) is 19.2. The van der Waals surface area contributed by atoms with Crippen molar-refractivity contribution in [1.82, 2.24) is 0 Å². The fourth-order valence-corrected chi connectivity index (χ4v) is 3.17. The molecule has 0 unspecified atom stereocenters. The predicted octanol–water partition coefficient (Wildman–Crippen LogP) is 3.25. The Kier molecular flexibility index (Phi) is 5.98. The Bertz CT molecular complexity index is 844. The van der Waals surface area contributed by atoms with Crippen molar-refractivity contribution in [3.63, 3.8) is 0 Å². The highest BCUT2D eigenvalue weighted by molar-refractivity contribution is 6.30. The molecule has 2 N–H and O–H groups in total. The molecule has 0 radical (unpaired) electrons. The highest BCUT2D eigenvalue weighted by atomic mass is 35.5. The van der Waals surface area contributed by atoms with Gasteiger partial charge in [0.25, 0.3) is 0 Å². The molecule has 0 aromatic heterocycles. The van der Waals surface area contributed by atoms with Gasteiger partial charge in [-0.1, -0.05) is 17.7 Å². The van der Waals surface area contributed by atoms with Gasteiger partial charge in [0.2, 0.25) is 5.91 Å². The van der Waals surface area contributed by atoms with Crippen molar-refractivity contribution in [3.8, 4) is 0 Å². The van der Waals surface area contributed by atoms with Crippen LogP contribution in [-0.2, 0) is 9.59 Å². The van der Waals surface area contributed by atoms with E-state index in [9.17, 15) is 9.59 Å². The second-order valence-corrected chi connectivity index (χ2v) is 6.60. The maximum absolute atomic E-state index is 11.6. The van der Waals surface area contributed by atoms with E-state index in [4.69, 9.17) is 16.7 Å². The average molecular weight is 386 g/mol. The Balaban J connectivity index is 1.55. The molecule has 1 aliphatic heterocycles. The van der Waals surface area contributed by atoms with Crippen LogP contribution in [0.1, 0.15) is 0 Å². The number of nitrogens with zero attached hydrogens (tertiary/aromatic N) is 2. The summed E-state index contributed by atoms with van der Waals surface area (Å²) in [6.07, 6.45) is 1.80. The monoisotopic (exact) mass is 385 g/mol. The minimum atomic E-state index is -1.16. The predicted molar refractivity (Wildman–Crippen MR) is 108 cm³/mol. The molecule has 1 amide bonds. The molecule has 1 aliphatic rings. The second-order valence-electron chi connectivity index (χ2n) is 6.16. The lowest BCUT2D eigenvalue weighted by atomic mass is 10.2. The summed E-state index contributed by atoms with van der Waals surface area (Å²) in [6.45, 7) is 3.58. The van der Waals surface area contributed by atoms with Gasteiger partial charge in [-0.3, -0.25) is 4.79 Å². The van der Waals surface area contributed by atoms with Gasteiger partial charge in [-0.25, -0.2) is 4.79 Å². The van der Waals surface area contributed by atoms with Crippen LogP contribution in [0.25, 0.3) is 0 Å². The number of halogens is 1. The van der Waals surface area contributed by atoms with Crippen molar-refractivity contribution in [2.45, 2.75) is 0 Å². The van der Waals surface area contributed by atoms with E-state index in [0.29, 0.717) is 5.69 Å². The van der Waals surface area contributed by atoms with Gasteiger partial charge in [-0.15, -0.1) is 0 Å². The summed E-state index contributed by atoms with van der Waals surface area (Å²) in [6, 6.07) is 15.4. The highest BCUT2D eigenvalue weighted by Crippen LogP contribution is 2.24. The van der Waals surface area contributed by atoms with Gasteiger partial charge in [0.15, 0.2) is 0 Å². The van der Waals surface area contributed by atoms with Gasteiger partial charge < -0.3 is 20.2 Å². The molecule has 1 saturated heterocycles. The van der Waals surface area contributed by atoms with E-state index in [1.807, 2.05) is 42.5 Å². The minimum absolute atomic E-state index is 0.472. The summed E-state index contributed by atoms with van der Waals surface area (Å²) >= 11 is 6.07. The molecule has 7 heteroatoms.